The molecule has 0 spiro atoms. The highest BCUT2D eigenvalue weighted by Crippen LogP contribution is 2.44. The second kappa shape index (κ2) is 22.3. The predicted octanol–water partition coefficient (Wildman–Crippen LogP) is 8.77. The maximum Gasteiger partial charge on any atom is 0.413 e. The van der Waals surface area contributed by atoms with Gasteiger partial charge in [0.1, 0.15) is 29.1 Å². The van der Waals surface area contributed by atoms with Crippen LogP contribution in [0.4, 0.5) is 9.93 Å². The molecule has 3 atom stereocenters. The molecule has 0 saturated carbocycles. The molecule has 372 valence electrons. The van der Waals surface area contributed by atoms with Gasteiger partial charge in [-0.25, -0.2) is 24.2 Å². The van der Waals surface area contributed by atoms with E-state index in [0.29, 0.717) is 43.0 Å². The van der Waals surface area contributed by atoms with E-state index in [4.69, 9.17) is 14.3 Å². The van der Waals surface area contributed by atoms with Crippen LogP contribution < -0.4 is 10.6 Å². The summed E-state index contributed by atoms with van der Waals surface area (Å²) >= 11 is 1.77. The summed E-state index contributed by atoms with van der Waals surface area (Å²) in [4.78, 5) is 74.4. The van der Waals surface area contributed by atoms with Crippen molar-refractivity contribution in [2.45, 2.75) is 54.6 Å². The van der Waals surface area contributed by atoms with Crippen LogP contribution in [0.3, 0.4) is 0 Å². The quantitative estimate of drug-likeness (QED) is 0.0128. The van der Waals surface area contributed by atoms with Gasteiger partial charge in [0.25, 0.3) is 11.8 Å². The zero-order chi connectivity index (χ0) is 51.1. The number of anilines is 1. The number of ether oxygens (including phenoxy) is 2. The number of rotatable bonds is 17. The Morgan fingerprint density at radius 1 is 0.836 bits per heavy atom. The lowest BCUT2D eigenvalue weighted by Crippen LogP contribution is -2.75. The molecule has 1 fully saturated rings. The third-order valence-corrected chi connectivity index (χ3v) is 16.3. The van der Waals surface area contributed by atoms with E-state index in [9.17, 15) is 23.7 Å². The maximum absolute atomic E-state index is 15.0. The highest BCUT2D eigenvalue weighted by Gasteiger charge is 2.62. The number of nitrogens with one attached hydrogen (secondary N) is 2. The van der Waals surface area contributed by atoms with Crippen molar-refractivity contribution in [1.82, 2.24) is 30.0 Å². The number of hydrogen-bond acceptors (Lipinski definition) is 15. The lowest BCUT2D eigenvalue weighted by atomic mass is 9.80. The zero-order valence-corrected chi connectivity index (χ0v) is 43.1. The monoisotopic (exact) mass is 1050 g/mol. The number of thiazole rings is 1. The Kier molecular flexibility index (Phi) is 15.5. The van der Waals surface area contributed by atoms with Gasteiger partial charge in [-0.2, -0.15) is 5.10 Å². The minimum absolute atomic E-state index is 0.0128. The van der Waals surface area contributed by atoms with E-state index in [2.05, 4.69) is 30.9 Å². The summed E-state index contributed by atoms with van der Waals surface area (Å²) in [5, 5.41) is 15.5. The molecule has 7 aromatic rings. The third-order valence-electron chi connectivity index (χ3n) is 11.5. The molecule has 0 radical (unpaired) electrons. The number of nitrogens with zero attached hydrogens (tertiary/aromatic N) is 6. The van der Waals surface area contributed by atoms with Crippen LogP contribution in [0.5, 0.6) is 0 Å². The Bertz CT molecular complexity index is 3000. The molecular weight excluding hydrogens is 1000 g/mol. The number of aromatic nitrogens is 4. The topological polar surface area (TPSA) is 202 Å². The molecule has 9 rings (SSSR count). The van der Waals surface area contributed by atoms with Crippen LogP contribution in [0.1, 0.15) is 60.4 Å². The van der Waals surface area contributed by atoms with Crippen molar-refractivity contribution in [3.8, 4) is 0 Å². The first-order valence-corrected chi connectivity index (χ1v) is 27.1. The fourth-order valence-electron chi connectivity index (χ4n) is 8.20. The minimum Gasteiger partial charge on any atom is -0.614 e. The Morgan fingerprint density at radius 3 is 1.90 bits per heavy atom. The standard InChI is InChI=1S/C53H48N8O8S4/c1-52(2,3)68-51(65)58-49-56-39(30-70-49)41(59-69-53(36-24-14-7-15-25-36,37-26-16-8-17-27-37)38-28-18-9-19-29-38)45(62)57-42-46(63)61-43(40(31-73(66)47(42)61)71-33-72-50-54-32-55-60(50)4)48(64)67-44(34-20-10-5-11-21-34)35-22-12-6-13-23-35/h5-30,32,42,44,47H,31,33H2,1-4H3,(H,57,62)(H,56,58,65)/b59-41-/t42-,47+,73?/m1/s1. The number of carbonyl (C=O) groups is 4. The van der Waals surface area contributed by atoms with E-state index >= 15 is 0 Å². The summed E-state index contributed by atoms with van der Waals surface area (Å²) in [5.41, 5.74) is 0.734. The lowest BCUT2D eigenvalue weighted by molar-refractivity contribution is -0.154. The summed E-state index contributed by atoms with van der Waals surface area (Å²) in [6.45, 7) is 5.17. The smallest absolute Gasteiger partial charge is 0.413 e. The largest absolute Gasteiger partial charge is 0.614 e. The molecule has 2 aromatic heterocycles. The highest BCUT2D eigenvalue weighted by molar-refractivity contribution is 8.18. The molecule has 2 aliphatic heterocycles. The fourth-order valence-corrected chi connectivity index (χ4v) is 13.0. The van der Waals surface area contributed by atoms with Crippen molar-refractivity contribution in [1.29, 1.82) is 0 Å². The van der Waals surface area contributed by atoms with Crippen molar-refractivity contribution in [3.05, 3.63) is 207 Å². The maximum atomic E-state index is 15.0. The van der Waals surface area contributed by atoms with Crippen molar-refractivity contribution >= 4 is 80.8 Å². The van der Waals surface area contributed by atoms with Gasteiger partial charge in [0.15, 0.2) is 28.1 Å². The van der Waals surface area contributed by atoms with Gasteiger partial charge >= 0.3 is 12.1 Å². The van der Waals surface area contributed by atoms with Crippen LogP contribution in [0.25, 0.3) is 0 Å². The number of esters is 1. The Hall–Kier alpha value is -7.23. The average Bonchev–Trinajstić information content (AvgIpc) is 4.04. The van der Waals surface area contributed by atoms with Gasteiger partial charge in [0.05, 0.1) is 9.99 Å². The van der Waals surface area contributed by atoms with Crippen molar-refractivity contribution in [2.75, 3.05) is 16.2 Å². The van der Waals surface area contributed by atoms with Gasteiger partial charge in [-0.15, -0.1) is 23.1 Å². The van der Waals surface area contributed by atoms with Crippen LogP contribution in [0.15, 0.2) is 184 Å². The van der Waals surface area contributed by atoms with E-state index in [0.717, 1.165) is 11.3 Å². The van der Waals surface area contributed by atoms with Crippen molar-refractivity contribution in [2.24, 2.45) is 12.2 Å². The summed E-state index contributed by atoms with van der Waals surface area (Å²) in [6.07, 6.45) is -0.200. The van der Waals surface area contributed by atoms with Gasteiger partial charge in [0.2, 0.25) is 11.0 Å². The van der Waals surface area contributed by atoms with Gasteiger partial charge in [-0.05, 0) is 43.1 Å². The number of benzene rings is 5. The van der Waals surface area contributed by atoms with Crippen LogP contribution in [0, 0.1) is 0 Å². The van der Waals surface area contributed by atoms with Gasteiger partial charge in [0, 0.05) is 29.1 Å². The number of aryl methyl sites for hydroxylation is 1. The SMILES string of the molecule is Cn1ncnc1SCSC1=C(C(=O)OC(c2ccccc2)c2ccccc2)N2C(=O)[C@@H](NC(=O)/C(=N\OC(c3ccccc3)(c3ccccc3)c3ccccc3)c3csc(NC(=O)OC(C)(C)C)n3)[C@@H]2[S+]([O-])C1. The minimum atomic E-state index is -1.84. The molecule has 1 saturated heterocycles. The summed E-state index contributed by atoms with van der Waals surface area (Å²) in [5.74, 6) is -2.55. The molecule has 20 heteroatoms. The van der Waals surface area contributed by atoms with Gasteiger partial charge < -0.3 is 24.2 Å². The predicted molar refractivity (Wildman–Crippen MR) is 282 cm³/mol. The Balaban J connectivity index is 1.07. The number of thioether (sulfide) groups is 2. The zero-order valence-electron chi connectivity index (χ0n) is 39.8. The normalized spacial score (nSPS) is 16.8. The molecule has 2 aliphatic rings. The second-order valence-corrected chi connectivity index (χ2v) is 22.3. The molecule has 0 bridgehead atoms. The highest BCUT2D eigenvalue weighted by atomic mass is 32.2. The first-order chi connectivity index (χ1) is 35.3. The first kappa shape index (κ1) is 50.7. The summed E-state index contributed by atoms with van der Waals surface area (Å²) < 4.78 is 27.9. The Labute approximate surface area is 436 Å². The van der Waals surface area contributed by atoms with Crippen LogP contribution in [0.2, 0.25) is 0 Å². The number of fused-ring (bicyclic) bond motifs is 1. The van der Waals surface area contributed by atoms with E-state index in [1.165, 1.54) is 40.1 Å². The fraction of sp³-hybridized carbons (Fsp3) is 0.208. The molecule has 4 heterocycles. The lowest BCUT2D eigenvalue weighted by Gasteiger charge is -2.49. The number of oxime groups is 1. The molecule has 1 unspecified atom stereocenters. The van der Waals surface area contributed by atoms with E-state index in [-0.39, 0.29) is 28.0 Å². The van der Waals surface area contributed by atoms with E-state index < -0.39 is 63.8 Å². The number of hydrogen-bond donors (Lipinski definition) is 2. The molecule has 73 heavy (non-hydrogen) atoms. The second-order valence-electron chi connectivity index (χ2n) is 17.5. The van der Waals surface area contributed by atoms with Crippen LogP contribution in [-0.4, -0.2) is 86.6 Å². The molecule has 5 aromatic carbocycles. The third kappa shape index (κ3) is 11.2. The van der Waals surface area contributed by atoms with Crippen molar-refractivity contribution in [3.63, 3.8) is 0 Å². The average molecular weight is 1050 g/mol. The Morgan fingerprint density at radius 2 is 1.38 bits per heavy atom. The molecule has 3 amide bonds. The van der Waals surface area contributed by atoms with Crippen molar-refractivity contribution < 1.29 is 38.0 Å². The molecular formula is C53H48N8O8S4. The van der Waals surface area contributed by atoms with E-state index in [1.807, 2.05) is 152 Å². The number of β-lactam (4-membered cyclic amide) rings is 1. The summed E-state index contributed by atoms with van der Waals surface area (Å²) in [6, 6.07) is 45.2. The summed E-state index contributed by atoms with van der Waals surface area (Å²) in [7, 11) is 1.76. The first-order valence-electron chi connectivity index (χ1n) is 22.8. The van der Waals surface area contributed by atoms with Gasteiger partial charge in [-0.1, -0.05) is 169 Å². The number of amides is 3. The van der Waals surface area contributed by atoms with Crippen LogP contribution >= 0.6 is 34.9 Å². The molecule has 2 N–H and O–H groups in total. The molecule has 0 aliphatic carbocycles. The van der Waals surface area contributed by atoms with Gasteiger partial charge in [-0.3, -0.25) is 19.8 Å². The van der Waals surface area contributed by atoms with Crippen LogP contribution in [-0.2, 0) is 52.5 Å². The molecule has 16 nitrogen and oxygen atoms in total. The number of carbonyl (C=O) groups excluding carboxylic acids is 4. The van der Waals surface area contributed by atoms with E-state index in [1.54, 1.807) is 32.5 Å².